The Morgan fingerprint density at radius 1 is 0.260 bits per heavy atom. The molecule has 17 aromatic carbocycles. The van der Waals surface area contributed by atoms with Gasteiger partial charge in [-0.05, 0) is 138 Å². The zero-order valence-corrected chi connectivity index (χ0v) is 73.2. The number of aryl methyl sites for hydroxylation is 1. The van der Waals surface area contributed by atoms with Crippen molar-refractivity contribution in [2.24, 2.45) is 6.98 Å². The second-order valence-electron chi connectivity index (χ2n) is 31.5. The van der Waals surface area contributed by atoms with Gasteiger partial charge in [-0.2, -0.15) is 65.2 Å². The Bertz CT molecular complexity index is 7980. The molecule has 6 heterocycles. The summed E-state index contributed by atoms with van der Waals surface area (Å²) in [5.41, 5.74) is 25.8. The van der Waals surface area contributed by atoms with Crippen LogP contribution >= 0.6 is 0 Å². The molecule has 0 atom stereocenters. The first-order valence-electron chi connectivity index (χ1n) is 43.7. The van der Waals surface area contributed by atoms with Gasteiger partial charge in [-0.1, -0.05) is 314 Å². The molecule has 10 heteroatoms. The van der Waals surface area contributed by atoms with Crippen LogP contribution in [-0.2, 0) is 59.9 Å². The first-order valence-corrected chi connectivity index (χ1v) is 42.2. The van der Waals surface area contributed by atoms with Gasteiger partial charge >= 0.3 is 0 Å². The normalized spacial score (nSPS) is 12.0. The van der Waals surface area contributed by atoms with Gasteiger partial charge in [-0.25, -0.2) is 23.7 Å². The molecule has 23 rings (SSSR count). The number of rotatable bonds is 17. The predicted molar refractivity (Wildman–Crippen MR) is 512 cm³/mol. The molecule has 0 bridgehead atoms. The second-order valence-corrected chi connectivity index (χ2v) is 31.5. The van der Waals surface area contributed by atoms with Gasteiger partial charge in [0.25, 0.3) is 0 Å². The Kier molecular flexibility index (Phi) is 20.9. The van der Waals surface area contributed by atoms with E-state index in [1.165, 1.54) is 15.7 Å². The predicted octanol–water partition coefficient (Wildman–Crippen LogP) is 27.6. The summed E-state index contributed by atoms with van der Waals surface area (Å²) in [6.45, 7) is -2.37. The summed E-state index contributed by atoms with van der Waals surface area (Å²) in [5.74, 6) is 1.62. The standard InChI is InChI=1S/C61H41N4.C56H39N4.2Pt/c1-5-20-44(21-6-1)52-30-13-14-31-53(52)45-38-39-62-60(40-45)65-56-33-16-15-32-54(56)55-37-36-49(42-59(55)65)61(46-22-7-2-8-23-46,47-24-9-3-10-25-47)48-26-19-29-51(41-48)64-43-63(50-27-11-4-12-28-50)57-34-17-18-35-58(57)64;1-58-39-59(53-31-16-15-30-52(53)58)46-25-17-24-44(37-46)56(42-20-7-3-8-21-42,43-22-9-4-10-23-43)45-32-33-50-49-28-13-14-29-51(49)60(54(50)38-45)55-36-41(34-35-57-55)48-27-12-11-26-47(48)40-18-5-2-6-19-40;;/h1-40,43H;2-36,39H,1H3;;/q2*-1;;/i;1D3;;. The average Bonchev–Trinajstić information content (AvgIpc) is 1.38. The number of pyridine rings is 2. The third kappa shape index (κ3) is 14.2. The number of para-hydroxylation sites is 7. The summed E-state index contributed by atoms with van der Waals surface area (Å²) in [7, 11) is 0. The van der Waals surface area contributed by atoms with Crippen molar-refractivity contribution in [2.75, 3.05) is 0 Å². The van der Waals surface area contributed by atoms with E-state index in [4.69, 9.17) is 14.1 Å². The zero-order chi connectivity index (χ0) is 85.7. The van der Waals surface area contributed by atoms with Gasteiger partial charge in [0.2, 0.25) is 0 Å². The van der Waals surface area contributed by atoms with Gasteiger partial charge in [0, 0.05) is 123 Å². The Labute approximate surface area is 771 Å². The molecule has 0 unspecified atom stereocenters. The van der Waals surface area contributed by atoms with Crippen LogP contribution in [-0.4, -0.2) is 37.4 Å². The molecule has 0 aliphatic carbocycles. The number of hydrogen-bond acceptors (Lipinski definition) is 2. The van der Waals surface area contributed by atoms with E-state index < -0.39 is 17.8 Å². The van der Waals surface area contributed by atoms with Gasteiger partial charge in [0.05, 0.1) is 0 Å². The average molecular weight is 1990 g/mol. The molecule has 0 fully saturated rings. The molecule has 127 heavy (non-hydrogen) atoms. The number of nitrogens with zero attached hydrogens (tertiary/aromatic N) is 8. The summed E-state index contributed by atoms with van der Waals surface area (Å²) in [6, 6.07) is 171. The Hall–Kier alpha value is -15.0. The van der Waals surface area contributed by atoms with Crippen LogP contribution in [0, 0.1) is 24.3 Å². The van der Waals surface area contributed by atoms with Crippen LogP contribution in [0.15, 0.2) is 468 Å². The first kappa shape index (κ1) is 76.8. The molecule has 23 aromatic rings. The molecule has 0 spiro atoms. The molecule has 610 valence electrons. The first-order chi connectivity index (χ1) is 63.1. The molecule has 0 N–H and O–H groups in total. The number of hydrogen-bond donors (Lipinski definition) is 0. The molecule has 0 aliphatic heterocycles. The maximum Gasteiger partial charge on any atom is 0.188 e. The fraction of sp³-hybridized carbons (Fsp3) is 0.0256. The summed E-state index contributed by atoms with van der Waals surface area (Å²) >= 11 is 0. The fourth-order valence-electron chi connectivity index (χ4n) is 19.0. The topological polar surface area (TPSA) is 55.4 Å². The monoisotopic (exact) mass is 1990 g/mol. The van der Waals surface area contributed by atoms with Crippen molar-refractivity contribution >= 4 is 65.7 Å². The molecule has 0 saturated carbocycles. The van der Waals surface area contributed by atoms with Crippen LogP contribution in [0.1, 0.15) is 48.6 Å². The van der Waals surface area contributed by atoms with E-state index in [0.29, 0.717) is 5.52 Å². The molecular formula is C117H80N8Pt2-2. The van der Waals surface area contributed by atoms with Crippen molar-refractivity contribution in [1.29, 1.82) is 0 Å². The second kappa shape index (κ2) is 34.6. The van der Waals surface area contributed by atoms with Gasteiger partial charge < -0.3 is 9.13 Å². The van der Waals surface area contributed by atoms with Crippen LogP contribution < -0.4 is 0 Å². The Morgan fingerprint density at radius 3 is 0.992 bits per heavy atom. The van der Waals surface area contributed by atoms with E-state index >= 15 is 0 Å². The van der Waals surface area contributed by atoms with Crippen molar-refractivity contribution in [3.05, 3.63) is 537 Å². The van der Waals surface area contributed by atoms with Gasteiger partial charge in [-0.15, -0.1) is 51.2 Å². The van der Waals surface area contributed by atoms with Gasteiger partial charge in [0.1, 0.15) is 17.3 Å². The summed E-state index contributed by atoms with van der Waals surface area (Å²) < 4.78 is 37.4. The van der Waals surface area contributed by atoms with Gasteiger partial charge in [-0.3, -0.25) is 0 Å². The zero-order valence-electron chi connectivity index (χ0n) is 71.7. The van der Waals surface area contributed by atoms with E-state index in [2.05, 4.69) is 437 Å². The fourth-order valence-corrected chi connectivity index (χ4v) is 19.0. The molecule has 8 nitrogen and oxygen atoms in total. The van der Waals surface area contributed by atoms with E-state index in [9.17, 15) is 0 Å². The Balaban J connectivity index is 0.000000160. The number of fused-ring (bicyclic) bond motifs is 8. The van der Waals surface area contributed by atoms with Crippen molar-refractivity contribution < 1.29 is 46.2 Å². The van der Waals surface area contributed by atoms with E-state index in [1.807, 2.05) is 71.6 Å². The number of imidazole rings is 2. The van der Waals surface area contributed by atoms with Crippen molar-refractivity contribution in [1.82, 2.24) is 37.4 Å². The van der Waals surface area contributed by atoms with E-state index in [0.717, 1.165) is 167 Å². The maximum atomic E-state index is 8.36. The molecule has 6 aromatic heterocycles. The smallest absolute Gasteiger partial charge is 0.188 e. The van der Waals surface area contributed by atoms with Crippen LogP contribution in [0.2, 0.25) is 0 Å². The van der Waals surface area contributed by atoms with Crippen LogP contribution in [0.4, 0.5) is 0 Å². The maximum absolute atomic E-state index is 8.36. The summed E-state index contributed by atoms with van der Waals surface area (Å²) in [4.78, 5) is 10.2. The van der Waals surface area contributed by atoms with Crippen molar-refractivity contribution in [3.63, 3.8) is 0 Å². The number of benzene rings is 17. The van der Waals surface area contributed by atoms with Crippen LogP contribution in [0.3, 0.4) is 0 Å². The third-order valence-electron chi connectivity index (χ3n) is 24.6. The van der Waals surface area contributed by atoms with E-state index in [-0.39, 0.29) is 42.1 Å². The van der Waals surface area contributed by atoms with E-state index in [1.54, 1.807) is 6.33 Å². The molecule has 0 radical (unpaired) electrons. The SMILES string of the molecule is [2H]C([2H])([2H])n1[cH+]n(-c2[c-]c(C(c3[c-]c4c(cc3)c3ccccc3n4-c3cc(-c4ccccc4-c4ccccc4)ccn3)(c3ccccc3)c3ccccc3)ccc2)c2ccccc21.[Pt].[Pt].[c-]1c(-n2[cH+]n(-c3ccccc3)c3ccccc32)cccc1C(c1[c-]c2c(cc1)c1ccccc1n2-c1cc(-c2ccccc2-c2ccccc2)ccn1)(c1ccccc1)c1ccccc1. The van der Waals surface area contributed by atoms with Crippen LogP contribution in [0.25, 0.3) is 139 Å². The molecule has 0 aliphatic rings. The number of aromatic nitrogens is 8. The minimum Gasteiger partial charge on any atom is -0.319 e. The van der Waals surface area contributed by atoms with Crippen molar-refractivity contribution in [3.8, 4) is 73.2 Å². The summed E-state index contributed by atoms with van der Waals surface area (Å²) in [5, 5.41) is 4.42. The quantitative estimate of drug-likeness (QED) is 0.0674. The van der Waals surface area contributed by atoms with Crippen molar-refractivity contribution in [2.45, 2.75) is 10.8 Å². The van der Waals surface area contributed by atoms with Gasteiger partial charge in [0.15, 0.2) is 34.7 Å². The molecule has 0 saturated heterocycles. The van der Waals surface area contributed by atoms with Crippen LogP contribution in [0.5, 0.6) is 0 Å². The summed E-state index contributed by atoms with van der Waals surface area (Å²) in [6.07, 6.45) is 7.67. The molecule has 0 amide bonds. The Morgan fingerprint density at radius 2 is 0.583 bits per heavy atom. The minimum atomic E-state index is -2.37. The molecular weight excluding hydrogens is 1910 g/mol. The largest absolute Gasteiger partial charge is 0.319 e. The minimum absolute atomic E-state index is 0. The third-order valence-corrected chi connectivity index (χ3v) is 24.6.